The van der Waals surface area contributed by atoms with Crippen molar-refractivity contribution in [1.82, 2.24) is 24.8 Å². The lowest BCUT2D eigenvalue weighted by molar-refractivity contribution is 0.0201. The standard InChI is InChI=1S/C25H32ClFN6O4/c1-24(2,3)37-23(34)31-10-11-33-15(12-31)13-35-21-16-18(17(27)19(26)29-21)28-22(30-20(16)33)36-14-25-6-4-8-32(25)9-5-7-25/h15H,4-14H2,1-3H3/t15-/m0/s1. The van der Waals surface area contributed by atoms with Crippen molar-refractivity contribution in [2.75, 3.05) is 50.8 Å². The molecule has 0 spiro atoms. The molecule has 4 aliphatic heterocycles. The number of carbonyl (C=O) groups is 1. The molecular weight excluding hydrogens is 503 g/mol. The van der Waals surface area contributed by atoms with Gasteiger partial charge in [-0.1, -0.05) is 11.6 Å². The van der Waals surface area contributed by atoms with Crippen molar-refractivity contribution in [3.05, 3.63) is 11.0 Å². The summed E-state index contributed by atoms with van der Waals surface area (Å²) in [7, 11) is 0. The van der Waals surface area contributed by atoms with Gasteiger partial charge in [-0.25, -0.2) is 9.18 Å². The first-order valence-corrected chi connectivity index (χ1v) is 13.3. The molecule has 0 aromatic carbocycles. The van der Waals surface area contributed by atoms with E-state index in [4.69, 9.17) is 30.8 Å². The Hall–Kier alpha value is -2.66. The van der Waals surface area contributed by atoms with Gasteiger partial charge in [-0.15, -0.1) is 0 Å². The first kappa shape index (κ1) is 24.7. The lowest BCUT2D eigenvalue weighted by atomic mass is 9.95. The highest BCUT2D eigenvalue weighted by atomic mass is 35.5. The molecule has 0 aliphatic carbocycles. The van der Waals surface area contributed by atoms with E-state index in [9.17, 15) is 4.79 Å². The molecule has 0 saturated carbocycles. The largest absolute Gasteiger partial charge is 0.475 e. The first-order valence-electron chi connectivity index (χ1n) is 13.0. The zero-order valence-corrected chi connectivity index (χ0v) is 22.2. The van der Waals surface area contributed by atoms with E-state index in [0.717, 1.165) is 38.8 Å². The van der Waals surface area contributed by atoms with Crippen LogP contribution in [0.4, 0.5) is 15.0 Å². The monoisotopic (exact) mass is 534 g/mol. The second-order valence-corrected chi connectivity index (χ2v) is 11.7. The van der Waals surface area contributed by atoms with Crippen LogP contribution in [0.2, 0.25) is 5.15 Å². The van der Waals surface area contributed by atoms with E-state index in [1.54, 1.807) is 4.90 Å². The molecule has 1 amide bonds. The Morgan fingerprint density at radius 1 is 1.16 bits per heavy atom. The van der Waals surface area contributed by atoms with Crippen molar-refractivity contribution < 1.29 is 23.4 Å². The summed E-state index contributed by atoms with van der Waals surface area (Å²) in [6.45, 7) is 9.58. The fourth-order valence-corrected chi connectivity index (χ4v) is 6.22. The number of piperazine rings is 1. The molecule has 37 heavy (non-hydrogen) atoms. The van der Waals surface area contributed by atoms with Gasteiger partial charge in [0.05, 0.1) is 11.6 Å². The van der Waals surface area contributed by atoms with Crippen LogP contribution in [0.15, 0.2) is 0 Å². The highest BCUT2D eigenvalue weighted by molar-refractivity contribution is 6.30. The summed E-state index contributed by atoms with van der Waals surface area (Å²) in [5.74, 6) is -0.0704. The van der Waals surface area contributed by atoms with Gasteiger partial charge < -0.3 is 24.0 Å². The second kappa shape index (κ2) is 8.97. The minimum Gasteiger partial charge on any atom is -0.475 e. The third-order valence-corrected chi connectivity index (χ3v) is 8.02. The van der Waals surface area contributed by atoms with E-state index in [0.29, 0.717) is 37.4 Å². The number of carbonyl (C=O) groups excluding carboxylic acids is 1. The average Bonchev–Trinajstić information content (AvgIpc) is 3.38. The average molecular weight is 535 g/mol. The smallest absolute Gasteiger partial charge is 0.410 e. The van der Waals surface area contributed by atoms with Crippen LogP contribution in [0.1, 0.15) is 46.5 Å². The fraction of sp³-hybridized carbons (Fsp3) is 0.680. The second-order valence-electron chi connectivity index (χ2n) is 11.4. The van der Waals surface area contributed by atoms with Gasteiger partial charge in [-0.05, 0) is 59.5 Å². The van der Waals surface area contributed by atoms with Crippen LogP contribution >= 0.6 is 11.6 Å². The predicted octanol–water partition coefficient (Wildman–Crippen LogP) is 3.64. The van der Waals surface area contributed by atoms with Crippen LogP contribution in [0, 0.1) is 5.82 Å². The summed E-state index contributed by atoms with van der Waals surface area (Å²) in [5.41, 5.74) is -0.574. The highest BCUT2D eigenvalue weighted by Gasteiger charge is 2.45. The van der Waals surface area contributed by atoms with Crippen molar-refractivity contribution in [2.24, 2.45) is 0 Å². The third kappa shape index (κ3) is 4.39. The number of nitrogens with zero attached hydrogens (tertiary/aromatic N) is 6. The molecule has 3 fully saturated rings. The van der Waals surface area contributed by atoms with E-state index in [2.05, 4.69) is 14.9 Å². The van der Waals surface area contributed by atoms with E-state index < -0.39 is 11.4 Å². The van der Waals surface area contributed by atoms with Gasteiger partial charge in [-0.3, -0.25) is 4.90 Å². The lowest BCUT2D eigenvalue weighted by Crippen LogP contribution is -2.57. The van der Waals surface area contributed by atoms with Crippen LogP contribution in [0.25, 0.3) is 10.9 Å². The van der Waals surface area contributed by atoms with E-state index in [-0.39, 0.29) is 46.8 Å². The van der Waals surface area contributed by atoms with E-state index in [1.165, 1.54) is 0 Å². The molecule has 6 heterocycles. The summed E-state index contributed by atoms with van der Waals surface area (Å²) in [6, 6.07) is -0.139. The Morgan fingerprint density at radius 3 is 2.65 bits per heavy atom. The Balaban J connectivity index is 1.33. The van der Waals surface area contributed by atoms with Crippen LogP contribution in [-0.4, -0.2) is 94.0 Å². The van der Waals surface area contributed by atoms with Gasteiger partial charge in [0.1, 0.15) is 35.5 Å². The Kier molecular flexibility index (Phi) is 5.98. The molecule has 1 atom stereocenters. The molecule has 0 unspecified atom stereocenters. The summed E-state index contributed by atoms with van der Waals surface area (Å²) in [5, 5.41) is 0.0497. The summed E-state index contributed by atoms with van der Waals surface area (Å²) in [4.78, 5) is 32.3. The number of anilines is 1. The van der Waals surface area contributed by atoms with Gasteiger partial charge in [0, 0.05) is 19.6 Å². The molecule has 0 N–H and O–H groups in total. The molecule has 2 aromatic rings. The predicted molar refractivity (Wildman–Crippen MR) is 135 cm³/mol. The minimum atomic E-state index is -0.732. The zero-order chi connectivity index (χ0) is 25.9. The van der Waals surface area contributed by atoms with Gasteiger partial charge in [0.2, 0.25) is 5.88 Å². The summed E-state index contributed by atoms with van der Waals surface area (Å²) >= 11 is 6.13. The molecule has 4 aliphatic rings. The topological polar surface area (TPSA) is 93.2 Å². The summed E-state index contributed by atoms with van der Waals surface area (Å²) in [6.07, 6.45) is 4.06. The highest BCUT2D eigenvalue weighted by Crippen LogP contribution is 2.41. The molecule has 10 nitrogen and oxygen atoms in total. The molecule has 200 valence electrons. The maximum absolute atomic E-state index is 15.2. The number of rotatable bonds is 3. The van der Waals surface area contributed by atoms with E-state index >= 15 is 4.39 Å². The maximum atomic E-state index is 15.2. The van der Waals surface area contributed by atoms with Gasteiger partial charge in [0.25, 0.3) is 0 Å². The van der Waals surface area contributed by atoms with Crippen LogP contribution in [0.3, 0.4) is 0 Å². The van der Waals surface area contributed by atoms with Crippen LogP contribution in [0.5, 0.6) is 11.9 Å². The van der Waals surface area contributed by atoms with Crippen molar-refractivity contribution in [3.63, 3.8) is 0 Å². The number of pyridine rings is 1. The van der Waals surface area contributed by atoms with Crippen LogP contribution in [-0.2, 0) is 4.74 Å². The van der Waals surface area contributed by atoms with E-state index in [1.807, 2.05) is 25.7 Å². The third-order valence-electron chi connectivity index (χ3n) is 7.77. The van der Waals surface area contributed by atoms with Crippen molar-refractivity contribution in [1.29, 1.82) is 0 Å². The van der Waals surface area contributed by atoms with Gasteiger partial charge >= 0.3 is 12.1 Å². The maximum Gasteiger partial charge on any atom is 0.410 e. The number of fused-ring (bicyclic) bond motifs is 3. The normalized spacial score (nSPS) is 22.9. The molecule has 2 aromatic heterocycles. The lowest BCUT2D eigenvalue weighted by Gasteiger charge is -2.41. The molecule has 6 rings (SSSR count). The van der Waals surface area contributed by atoms with Gasteiger partial charge in [0.15, 0.2) is 11.0 Å². The Bertz CT molecular complexity index is 1230. The van der Waals surface area contributed by atoms with Crippen molar-refractivity contribution in [2.45, 2.75) is 63.6 Å². The number of amides is 1. The summed E-state index contributed by atoms with van der Waals surface area (Å²) < 4.78 is 33.0. The van der Waals surface area contributed by atoms with Crippen molar-refractivity contribution in [3.8, 4) is 11.9 Å². The number of hydrogen-bond donors (Lipinski definition) is 0. The number of hydrogen-bond acceptors (Lipinski definition) is 9. The number of ether oxygens (including phenoxy) is 3. The quantitative estimate of drug-likeness (QED) is 0.547. The zero-order valence-electron chi connectivity index (χ0n) is 21.4. The number of aromatic nitrogens is 3. The van der Waals surface area contributed by atoms with Crippen LogP contribution < -0.4 is 14.4 Å². The molecule has 0 bridgehead atoms. The van der Waals surface area contributed by atoms with Gasteiger partial charge in [-0.2, -0.15) is 15.0 Å². The van der Waals surface area contributed by atoms with Crippen molar-refractivity contribution >= 4 is 34.4 Å². The number of halogens is 2. The Morgan fingerprint density at radius 2 is 1.92 bits per heavy atom. The SMILES string of the molecule is CC(C)(C)OC(=O)N1CCN2c3nc(OCC45CCCN4CCC5)nc4c(F)c(Cl)nc(c34)OC[C@@H]2C1. The molecule has 3 saturated heterocycles. The minimum absolute atomic E-state index is 0.00325. The first-order chi connectivity index (χ1) is 17.6. The fourth-order valence-electron chi connectivity index (χ4n) is 6.06. The molecular formula is C25H32ClFN6O4. The Labute approximate surface area is 220 Å². The molecule has 12 heteroatoms. The molecule has 0 radical (unpaired) electrons.